The van der Waals surface area contributed by atoms with Crippen molar-refractivity contribution in [1.29, 1.82) is 0 Å². The Balaban J connectivity index is 2.82. The molecular formula is C12H9F3N2O2. The lowest BCUT2D eigenvalue weighted by Crippen LogP contribution is -2.09. The lowest BCUT2D eigenvalue weighted by molar-refractivity contribution is -0.132. The number of carbonyl (C=O) groups is 1. The molecule has 0 saturated carbocycles. The molecule has 19 heavy (non-hydrogen) atoms. The minimum absolute atomic E-state index is 0.0624. The number of halogens is 3. The van der Waals surface area contributed by atoms with E-state index >= 15 is 0 Å². The molecule has 0 aromatic rings. The number of aliphatic imine (C=N–C) groups is 2. The van der Waals surface area contributed by atoms with Gasteiger partial charge < -0.3 is 5.11 Å². The second-order valence-electron chi connectivity index (χ2n) is 3.41. The Bertz CT molecular complexity index is 574. The van der Waals surface area contributed by atoms with E-state index in [1.807, 2.05) is 0 Å². The highest BCUT2D eigenvalue weighted by atomic mass is 19.4. The summed E-state index contributed by atoms with van der Waals surface area (Å²) in [6, 6.07) is 0. The normalized spacial score (nSPS) is 15.7. The first-order chi connectivity index (χ1) is 8.75. The summed E-state index contributed by atoms with van der Waals surface area (Å²) in [5.41, 5.74) is -1.19. The van der Waals surface area contributed by atoms with Crippen LogP contribution < -0.4 is 0 Å². The van der Waals surface area contributed by atoms with Crippen LogP contribution in [0.15, 0.2) is 51.6 Å². The summed E-state index contributed by atoms with van der Waals surface area (Å²) in [6.45, 7) is 4.72. The Labute approximate surface area is 106 Å². The maximum absolute atomic E-state index is 12.4. The van der Waals surface area contributed by atoms with Crippen molar-refractivity contribution in [1.82, 2.24) is 0 Å². The van der Waals surface area contributed by atoms with Gasteiger partial charge in [0.05, 0.1) is 5.57 Å². The van der Waals surface area contributed by atoms with Gasteiger partial charge >= 0.3 is 12.1 Å². The zero-order valence-electron chi connectivity index (χ0n) is 9.82. The minimum atomic E-state index is -4.46. The third-order valence-electron chi connectivity index (χ3n) is 2.08. The number of alkyl halides is 3. The summed E-state index contributed by atoms with van der Waals surface area (Å²) in [6.07, 6.45) is -1.67. The van der Waals surface area contributed by atoms with E-state index in [1.165, 1.54) is 6.92 Å². The highest BCUT2D eigenvalue weighted by molar-refractivity contribution is 6.13. The van der Waals surface area contributed by atoms with Gasteiger partial charge in [-0.05, 0) is 13.0 Å². The van der Waals surface area contributed by atoms with E-state index in [4.69, 9.17) is 5.11 Å². The van der Waals surface area contributed by atoms with Gasteiger partial charge in [-0.15, -0.1) is 0 Å². The molecule has 0 atom stereocenters. The first-order valence-corrected chi connectivity index (χ1v) is 5.02. The maximum Gasteiger partial charge on any atom is 0.416 e. The molecule has 0 aromatic heterocycles. The van der Waals surface area contributed by atoms with Crippen LogP contribution in [-0.2, 0) is 4.79 Å². The average Bonchev–Trinajstić information content (AvgIpc) is 2.77. The second kappa shape index (κ2) is 5.49. The van der Waals surface area contributed by atoms with Crippen molar-refractivity contribution >= 4 is 17.7 Å². The predicted molar refractivity (Wildman–Crippen MR) is 64.1 cm³/mol. The van der Waals surface area contributed by atoms with Crippen molar-refractivity contribution in [3.8, 4) is 0 Å². The Morgan fingerprint density at radius 3 is 2.47 bits per heavy atom. The van der Waals surface area contributed by atoms with E-state index in [0.29, 0.717) is 0 Å². The summed E-state index contributed by atoms with van der Waals surface area (Å²) in [5.74, 6) is 0.729. The molecule has 1 heterocycles. The monoisotopic (exact) mass is 270 g/mol. The summed E-state index contributed by atoms with van der Waals surface area (Å²) < 4.78 is 37.3. The molecular weight excluding hydrogens is 261 g/mol. The molecule has 0 unspecified atom stereocenters. The minimum Gasteiger partial charge on any atom is -0.476 e. The maximum atomic E-state index is 12.4. The lowest BCUT2D eigenvalue weighted by Gasteiger charge is -2.06. The topological polar surface area (TPSA) is 62.0 Å². The smallest absolute Gasteiger partial charge is 0.416 e. The number of nitrogens with zero attached hydrogens (tertiary/aromatic N) is 2. The van der Waals surface area contributed by atoms with E-state index < -0.39 is 23.4 Å². The van der Waals surface area contributed by atoms with Crippen LogP contribution in [0.5, 0.6) is 0 Å². The zero-order chi connectivity index (χ0) is 14.6. The molecule has 0 bridgehead atoms. The fourth-order valence-electron chi connectivity index (χ4n) is 1.12. The molecule has 4 nitrogen and oxygen atoms in total. The Morgan fingerprint density at radius 1 is 1.42 bits per heavy atom. The van der Waals surface area contributed by atoms with Crippen molar-refractivity contribution in [3.05, 3.63) is 41.7 Å². The van der Waals surface area contributed by atoms with Crippen LogP contribution >= 0.6 is 0 Å². The number of aliphatic carboxylic acids is 1. The number of carboxylic acids is 1. The van der Waals surface area contributed by atoms with Crippen LogP contribution in [0.3, 0.4) is 0 Å². The number of allylic oxidation sites excluding steroid dienone is 3. The van der Waals surface area contributed by atoms with E-state index in [2.05, 4.69) is 22.4 Å². The standard InChI is InChI=1S/C12H9F3N2O2/c1-3-8(12(13,14)15)5-4-7(2)10-16-6-9(17-10)11(18)19/h3-5H,2H2,1H3,(H,18,19)/b5-4-,8-3+. The van der Waals surface area contributed by atoms with Crippen LogP contribution in [0.25, 0.3) is 0 Å². The number of hydrogen-bond donors (Lipinski definition) is 1. The largest absolute Gasteiger partial charge is 0.476 e. The summed E-state index contributed by atoms with van der Waals surface area (Å²) in [5, 5.41) is 8.60. The molecule has 1 rings (SSSR count). The molecule has 0 amide bonds. The van der Waals surface area contributed by atoms with Crippen LogP contribution in [-0.4, -0.2) is 29.0 Å². The van der Waals surface area contributed by atoms with Gasteiger partial charge in [-0.25, -0.2) is 9.79 Å². The zero-order valence-corrected chi connectivity index (χ0v) is 9.82. The molecule has 7 heteroatoms. The molecule has 1 aliphatic heterocycles. The molecule has 1 N–H and O–H groups in total. The highest BCUT2D eigenvalue weighted by Crippen LogP contribution is 2.26. The van der Waals surface area contributed by atoms with Crippen molar-refractivity contribution in [2.45, 2.75) is 13.1 Å². The van der Waals surface area contributed by atoms with Crippen molar-refractivity contribution in [2.75, 3.05) is 0 Å². The molecule has 0 saturated heterocycles. The van der Waals surface area contributed by atoms with Crippen LogP contribution in [0.4, 0.5) is 13.2 Å². The van der Waals surface area contributed by atoms with E-state index in [1.54, 1.807) is 0 Å². The summed E-state index contributed by atoms with van der Waals surface area (Å²) in [4.78, 5) is 17.6. The number of rotatable bonds is 4. The molecule has 0 radical (unpaired) electrons. The van der Waals surface area contributed by atoms with Crippen LogP contribution in [0.2, 0.25) is 0 Å². The summed E-state index contributed by atoms with van der Waals surface area (Å²) >= 11 is 0. The molecule has 0 spiro atoms. The first kappa shape index (κ1) is 14.7. The Hall–Kier alpha value is -2.40. The Kier molecular flexibility index (Phi) is 4.24. The van der Waals surface area contributed by atoms with Crippen molar-refractivity contribution < 1.29 is 23.1 Å². The number of amidine groups is 1. The summed E-state index contributed by atoms with van der Waals surface area (Å²) in [7, 11) is 0. The third-order valence-corrected chi connectivity index (χ3v) is 2.08. The van der Waals surface area contributed by atoms with Gasteiger partial charge in [0.25, 0.3) is 0 Å². The van der Waals surface area contributed by atoms with Gasteiger partial charge in [-0.1, -0.05) is 18.7 Å². The fraction of sp³-hybridized carbons (Fsp3) is 0.167. The second-order valence-corrected chi connectivity index (χ2v) is 3.41. The van der Waals surface area contributed by atoms with Crippen molar-refractivity contribution in [3.63, 3.8) is 0 Å². The van der Waals surface area contributed by atoms with Gasteiger partial charge in [-0.2, -0.15) is 18.2 Å². The van der Waals surface area contributed by atoms with Gasteiger partial charge in [0.1, 0.15) is 0 Å². The fourth-order valence-corrected chi connectivity index (χ4v) is 1.12. The lowest BCUT2D eigenvalue weighted by atomic mass is 10.1. The Morgan fingerprint density at radius 2 is 2.05 bits per heavy atom. The number of carboxylic acid groups (broad SMARTS) is 1. The quantitative estimate of drug-likeness (QED) is 0.798. The van der Waals surface area contributed by atoms with Crippen LogP contribution in [0.1, 0.15) is 6.92 Å². The SMILES string of the molecule is C=C(/C=C\C(=C/C)C(F)(F)F)C1=NC(C(=O)O)=C=N1. The predicted octanol–water partition coefficient (Wildman–Crippen LogP) is 2.66. The molecule has 100 valence electrons. The van der Waals surface area contributed by atoms with E-state index in [9.17, 15) is 18.0 Å². The van der Waals surface area contributed by atoms with E-state index in [0.717, 1.165) is 18.2 Å². The molecule has 0 aliphatic carbocycles. The average molecular weight is 270 g/mol. The molecule has 1 aliphatic rings. The number of hydrogen-bond acceptors (Lipinski definition) is 3. The van der Waals surface area contributed by atoms with Crippen molar-refractivity contribution in [2.24, 2.45) is 9.98 Å². The van der Waals surface area contributed by atoms with Gasteiger partial charge in [0, 0.05) is 11.4 Å². The molecule has 0 fully saturated rings. The molecule has 0 aromatic carbocycles. The third kappa shape index (κ3) is 3.79. The van der Waals surface area contributed by atoms with Gasteiger partial charge in [-0.3, -0.25) is 0 Å². The van der Waals surface area contributed by atoms with Gasteiger partial charge in [0.15, 0.2) is 5.84 Å². The van der Waals surface area contributed by atoms with E-state index in [-0.39, 0.29) is 11.4 Å². The highest BCUT2D eigenvalue weighted by Gasteiger charge is 2.30. The van der Waals surface area contributed by atoms with Gasteiger partial charge in [0.2, 0.25) is 5.70 Å². The van der Waals surface area contributed by atoms with Crippen LogP contribution in [0, 0.1) is 0 Å². The first-order valence-electron chi connectivity index (χ1n) is 5.02.